The van der Waals surface area contributed by atoms with E-state index in [0.717, 1.165) is 6.42 Å². The van der Waals surface area contributed by atoms with E-state index in [2.05, 4.69) is 6.58 Å². The number of aliphatic hydroxyl groups is 3. The van der Waals surface area contributed by atoms with Gasteiger partial charge in [0, 0.05) is 35.7 Å². The van der Waals surface area contributed by atoms with Crippen LogP contribution in [0.3, 0.4) is 0 Å². The number of carbonyl (C=O) groups excluding carboxylic acids is 1. The molecule has 0 radical (unpaired) electrons. The molecule has 0 saturated carbocycles. The Hall–Kier alpha value is -2.21. The lowest BCUT2D eigenvalue weighted by Crippen LogP contribution is -2.37. The molecule has 0 fully saturated rings. The first-order chi connectivity index (χ1) is 17.1. The van der Waals surface area contributed by atoms with Crippen LogP contribution in [0.2, 0.25) is 0 Å². The maximum absolute atomic E-state index is 12.6. The molecule has 36 heavy (non-hydrogen) atoms. The molecule has 0 aromatic carbocycles. The molecule has 1 unspecified atom stereocenters. The molecule has 0 spiro atoms. The lowest BCUT2D eigenvalue weighted by molar-refractivity contribution is -0.150. The Morgan fingerprint density at radius 3 is 2.08 bits per heavy atom. The predicted octanol–water partition coefficient (Wildman–Crippen LogP) is 5.70. The van der Waals surface area contributed by atoms with Crippen molar-refractivity contribution in [1.29, 1.82) is 0 Å². The molecule has 0 bridgehead atoms. The zero-order chi connectivity index (χ0) is 27.1. The lowest BCUT2D eigenvalue weighted by atomic mass is 9.86. The summed E-state index contributed by atoms with van der Waals surface area (Å²) in [4.78, 5) is 12.6. The molecule has 0 amide bonds. The molecule has 1 heterocycles. The Kier molecular flexibility index (Phi) is 15.3. The molecule has 1 rings (SSSR count). The fourth-order valence-corrected chi connectivity index (χ4v) is 4.34. The molecular weight excluding hydrogens is 452 g/mol. The predicted molar refractivity (Wildman–Crippen MR) is 148 cm³/mol. The molecule has 9 atom stereocenters. The number of ether oxygens (including phenoxy) is 1. The van der Waals surface area contributed by atoms with E-state index in [9.17, 15) is 20.1 Å². The van der Waals surface area contributed by atoms with Crippen molar-refractivity contribution >= 4 is 5.97 Å². The second-order valence-corrected chi connectivity index (χ2v) is 10.2. The van der Waals surface area contributed by atoms with Gasteiger partial charge in [-0.25, -0.2) is 4.79 Å². The first kappa shape index (κ1) is 31.8. The summed E-state index contributed by atoms with van der Waals surface area (Å²) in [5.41, 5.74) is 0. The van der Waals surface area contributed by atoms with Crippen LogP contribution in [0.1, 0.15) is 60.3 Å². The van der Waals surface area contributed by atoms with Gasteiger partial charge in [-0.1, -0.05) is 102 Å². The molecule has 1 aliphatic heterocycles. The number of hydrogen-bond donors (Lipinski definition) is 3. The monoisotopic (exact) mass is 500 g/mol. The molecule has 1 aliphatic rings. The van der Waals surface area contributed by atoms with Gasteiger partial charge in [0.2, 0.25) is 0 Å². The fourth-order valence-electron chi connectivity index (χ4n) is 4.34. The molecule has 0 aromatic rings. The van der Waals surface area contributed by atoms with Gasteiger partial charge in [0.05, 0.1) is 18.3 Å². The zero-order valence-corrected chi connectivity index (χ0v) is 22.7. The molecule has 0 aliphatic carbocycles. The van der Waals surface area contributed by atoms with Crippen molar-refractivity contribution in [2.24, 2.45) is 29.6 Å². The Bertz CT molecular complexity index is 793. The molecule has 3 N–H and O–H groups in total. The van der Waals surface area contributed by atoms with Gasteiger partial charge in [-0.2, -0.15) is 0 Å². The standard InChI is InChI=1S/C31H48O5/c1-7-8-15-25(5)31-26(6)28(33)20-13-10-18-24(4)30(35)23(3)17-9-12-19-27(32)22(2)16-11-14-21-29(34)36-31/h7-11,14-18,21-28,30-33,35H,1,12-13,19-20H2,2-6H3/b15-8-,16-11+,17-9-,18-10-,21-14-/t22-,23+,24+,25+,26+,27-,28-,30?,31+/m1/s1. The van der Waals surface area contributed by atoms with Crippen molar-refractivity contribution in [2.45, 2.75) is 84.7 Å². The van der Waals surface area contributed by atoms with Crippen LogP contribution in [0.25, 0.3) is 0 Å². The Balaban J connectivity index is 3.11. The van der Waals surface area contributed by atoms with Crippen molar-refractivity contribution in [3.8, 4) is 0 Å². The summed E-state index contributed by atoms with van der Waals surface area (Å²) in [6, 6.07) is 0. The SMILES string of the molecule is C=C/C=C\[C@H](C)[C@@H]1OC(=O)/C=C\C=C\[C@@H](C)[C@H](O)CC/C=C\[C@H](C)C(O)[C@@H](C)/C=C\CC[C@@H](O)[C@@H]1C. The summed E-state index contributed by atoms with van der Waals surface area (Å²) in [7, 11) is 0. The van der Waals surface area contributed by atoms with Gasteiger partial charge in [-0.15, -0.1) is 0 Å². The zero-order valence-electron chi connectivity index (χ0n) is 22.7. The van der Waals surface area contributed by atoms with Crippen LogP contribution >= 0.6 is 0 Å². The Labute approximate surface area is 218 Å². The third-order valence-electron chi connectivity index (χ3n) is 7.03. The largest absolute Gasteiger partial charge is 0.458 e. The van der Waals surface area contributed by atoms with E-state index in [0.29, 0.717) is 19.3 Å². The maximum Gasteiger partial charge on any atom is 0.331 e. The highest BCUT2D eigenvalue weighted by atomic mass is 16.5. The Morgan fingerprint density at radius 1 is 0.917 bits per heavy atom. The van der Waals surface area contributed by atoms with Gasteiger partial charge in [0.25, 0.3) is 0 Å². The van der Waals surface area contributed by atoms with E-state index < -0.39 is 30.4 Å². The molecule has 5 heteroatoms. The van der Waals surface area contributed by atoms with Gasteiger partial charge >= 0.3 is 5.97 Å². The average Bonchev–Trinajstić information content (AvgIpc) is 2.86. The minimum Gasteiger partial charge on any atom is -0.458 e. The minimum absolute atomic E-state index is 0.00623. The number of allylic oxidation sites excluding steroid dienone is 6. The van der Waals surface area contributed by atoms with Crippen LogP contribution < -0.4 is 0 Å². The van der Waals surface area contributed by atoms with Crippen molar-refractivity contribution in [1.82, 2.24) is 0 Å². The summed E-state index contributed by atoms with van der Waals surface area (Å²) >= 11 is 0. The van der Waals surface area contributed by atoms with E-state index >= 15 is 0 Å². The summed E-state index contributed by atoms with van der Waals surface area (Å²) in [5.74, 6) is -0.971. The van der Waals surface area contributed by atoms with E-state index in [4.69, 9.17) is 4.74 Å². The van der Waals surface area contributed by atoms with Crippen LogP contribution in [0, 0.1) is 29.6 Å². The molecule has 0 saturated heterocycles. The van der Waals surface area contributed by atoms with E-state index in [-0.39, 0.29) is 29.6 Å². The lowest BCUT2D eigenvalue weighted by Gasteiger charge is -2.30. The van der Waals surface area contributed by atoms with Gasteiger partial charge in [0.1, 0.15) is 6.10 Å². The molecule has 202 valence electrons. The number of aliphatic hydroxyl groups excluding tert-OH is 3. The van der Waals surface area contributed by atoms with Crippen molar-refractivity contribution < 1.29 is 24.9 Å². The summed E-state index contributed by atoms with van der Waals surface area (Å²) in [5, 5.41) is 32.0. The smallest absolute Gasteiger partial charge is 0.331 e. The summed E-state index contributed by atoms with van der Waals surface area (Å²) in [6.45, 7) is 13.5. The molecule has 5 nitrogen and oxygen atoms in total. The summed E-state index contributed by atoms with van der Waals surface area (Å²) < 4.78 is 5.78. The number of carbonyl (C=O) groups is 1. The quantitative estimate of drug-likeness (QED) is 0.263. The van der Waals surface area contributed by atoms with Crippen molar-refractivity contribution in [3.63, 3.8) is 0 Å². The van der Waals surface area contributed by atoms with Crippen LogP contribution in [0.5, 0.6) is 0 Å². The second-order valence-electron chi connectivity index (χ2n) is 10.2. The van der Waals surface area contributed by atoms with Gasteiger partial charge < -0.3 is 20.1 Å². The third kappa shape index (κ3) is 11.7. The fraction of sp³-hybridized carbons (Fsp3) is 0.581. The number of hydrogen-bond acceptors (Lipinski definition) is 5. The number of cyclic esters (lactones) is 1. The molecular formula is C31H48O5. The van der Waals surface area contributed by atoms with Crippen molar-refractivity contribution in [2.75, 3.05) is 0 Å². The highest BCUT2D eigenvalue weighted by Gasteiger charge is 2.30. The van der Waals surface area contributed by atoms with E-state index in [1.165, 1.54) is 6.08 Å². The first-order valence-corrected chi connectivity index (χ1v) is 13.3. The first-order valence-electron chi connectivity index (χ1n) is 13.3. The van der Waals surface area contributed by atoms with Crippen LogP contribution in [0.15, 0.2) is 73.4 Å². The van der Waals surface area contributed by atoms with Crippen molar-refractivity contribution in [3.05, 3.63) is 73.4 Å². The Morgan fingerprint density at radius 2 is 1.50 bits per heavy atom. The van der Waals surface area contributed by atoms with Gasteiger partial charge in [-0.05, 0) is 25.7 Å². The summed E-state index contributed by atoms with van der Waals surface area (Å²) in [6.07, 6.45) is 20.4. The highest BCUT2D eigenvalue weighted by Crippen LogP contribution is 2.25. The van der Waals surface area contributed by atoms with Gasteiger partial charge in [0.15, 0.2) is 0 Å². The minimum atomic E-state index is -0.654. The average molecular weight is 501 g/mol. The van der Waals surface area contributed by atoms with Gasteiger partial charge in [-0.3, -0.25) is 0 Å². The van der Waals surface area contributed by atoms with E-state index in [1.54, 1.807) is 18.2 Å². The number of rotatable bonds is 3. The van der Waals surface area contributed by atoms with E-state index in [1.807, 2.05) is 77.2 Å². The number of esters is 1. The highest BCUT2D eigenvalue weighted by molar-refractivity contribution is 5.82. The topological polar surface area (TPSA) is 87.0 Å². The third-order valence-corrected chi connectivity index (χ3v) is 7.03. The van der Waals surface area contributed by atoms with Crippen LogP contribution in [0.4, 0.5) is 0 Å². The van der Waals surface area contributed by atoms with Crippen LogP contribution in [-0.4, -0.2) is 45.7 Å². The second kappa shape index (κ2) is 17.3. The molecule has 0 aromatic heterocycles. The maximum atomic E-state index is 12.6. The van der Waals surface area contributed by atoms with Crippen LogP contribution in [-0.2, 0) is 9.53 Å². The normalized spacial score (nSPS) is 38.6.